The third-order valence-corrected chi connectivity index (χ3v) is 3.60. The number of carbonyl (C=O) groups is 3. The molecule has 1 aliphatic heterocycles. The summed E-state index contributed by atoms with van der Waals surface area (Å²) in [6, 6.07) is 0. The summed E-state index contributed by atoms with van der Waals surface area (Å²) in [5.41, 5.74) is -0.560. The number of ether oxygens (including phenoxy) is 2. The molecule has 0 unspecified atom stereocenters. The van der Waals surface area contributed by atoms with E-state index in [-0.39, 0.29) is 24.8 Å². The first-order valence-electron chi connectivity index (χ1n) is 8.84. The van der Waals surface area contributed by atoms with Crippen LogP contribution in [0.25, 0.3) is 0 Å². The van der Waals surface area contributed by atoms with E-state index in [1.165, 1.54) is 0 Å². The molecule has 8 heteroatoms. The van der Waals surface area contributed by atoms with Gasteiger partial charge in [0.25, 0.3) is 0 Å². The Morgan fingerprint density at radius 2 is 1.56 bits per heavy atom. The Morgan fingerprint density at radius 3 is 2.16 bits per heavy atom. The lowest BCUT2D eigenvalue weighted by molar-refractivity contribution is -0.123. The molecule has 1 fully saturated rings. The number of alkyl carbamates (subject to hydrolysis) is 1. The first kappa shape index (κ1) is 21.2. The Hall–Kier alpha value is -1.83. The molecule has 0 bridgehead atoms. The Bertz CT molecular complexity index is 442. The molecule has 0 aromatic carbocycles. The Morgan fingerprint density at radius 1 is 0.960 bits per heavy atom. The Kier molecular flexibility index (Phi) is 9.26. The molecule has 1 rings (SSSR count). The molecule has 1 aliphatic rings. The average Bonchev–Trinajstić information content (AvgIpc) is 2.51. The number of rotatable bonds is 8. The van der Waals surface area contributed by atoms with E-state index < -0.39 is 11.7 Å². The van der Waals surface area contributed by atoms with Crippen LogP contribution in [-0.4, -0.2) is 56.4 Å². The second-order valence-electron chi connectivity index (χ2n) is 7.14. The molecule has 25 heavy (non-hydrogen) atoms. The summed E-state index contributed by atoms with van der Waals surface area (Å²) in [6.07, 6.45) is 1.98. The minimum absolute atomic E-state index is 0.00717. The average molecular weight is 357 g/mol. The van der Waals surface area contributed by atoms with E-state index in [2.05, 4.69) is 16.0 Å². The second kappa shape index (κ2) is 10.9. The topological polar surface area (TPSA) is 106 Å². The van der Waals surface area contributed by atoms with Gasteiger partial charge in [0.1, 0.15) is 5.60 Å². The van der Waals surface area contributed by atoms with Crippen LogP contribution in [0, 0.1) is 5.92 Å². The van der Waals surface area contributed by atoms with Crippen LogP contribution in [0.3, 0.4) is 0 Å². The molecule has 0 atom stereocenters. The molecule has 0 aromatic heterocycles. The zero-order valence-corrected chi connectivity index (χ0v) is 15.5. The monoisotopic (exact) mass is 357 g/mol. The van der Waals surface area contributed by atoms with E-state index >= 15 is 0 Å². The fourth-order valence-electron chi connectivity index (χ4n) is 2.37. The van der Waals surface area contributed by atoms with Gasteiger partial charge in [-0.25, -0.2) is 4.79 Å². The van der Waals surface area contributed by atoms with Gasteiger partial charge in [-0.2, -0.15) is 0 Å². The van der Waals surface area contributed by atoms with Crippen LogP contribution in [0.15, 0.2) is 0 Å². The molecule has 0 aliphatic carbocycles. The van der Waals surface area contributed by atoms with Crippen molar-refractivity contribution >= 4 is 17.9 Å². The molecule has 0 radical (unpaired) electrons. The van der Waals surface area contributed by atoms with Crippen LogP contribution >= 0.6 is 0 Å². The van der Waals surface area contributed by atoms with Gasteiger partial charge in [0.05, 0.1) is 0 Å². The lowest BCUT2D eigenvalue weighted by Gasteiger charge is -2.21. The van der Waals surface area contributed by atoms with E-state index in [0.29, 0.717) is 25.4 Å². The SMILES string of the molecule is CC(C)(C)OC(=O)NCCC(=O)NCCNC(=O)CC1CCOCC1. The third kappa shape index (κ3) is 11.4. The van der Waals surface area contributed by atoms with E-state index in [0.717, 1.165) is 26.1 Å². The summed E-state index contributed by atoms with van der Waals surface area (Å²) in [5.74, 6) is 0.213. The van der Waals surface area contributed by atoms with Crippen molar-refractivity contribution < 1.29 is 23.9 Å². The zero-order chi connectivity index (χ0) is 18.7. The largest absolute Gasteiger partial charge is 0.444 e. The molecule has 3 N–H and O–H groups in total. The summed E-state index contributed by atoms with van der Waals surface area (Å²) in [5, 5.41) is 8.02. The molecule has 1 saturated heterocycles. The van der Waals surface area contributed by atoms with Crippen LogP contribution in [-0.2, 0) is 19.1 Å². The number of amides is 3. The van der Waals surface area contributed by atoms with Gasteiger partial charge in [-0.15, -0.1) is 0 Å². The van der Waals surface area contributed by atoms with Gasteiger partial charge in [-0.05, 0) is 39.5 Å². The van der Waals surface area contributed by atoms with Crippen molar-refractivity contribution in [1.82, 2.24) is 16.0 Å². The second-order valence-corrected chi connectivity index (χ2v) is 7.14. The van der Waals surface area contributed by atoms with Gasteiger partial charge in [-0.1, -0.05) is 0 Å². The standard InChI is InChI=1S/C17H31N3O5/c1-17(2,3)25-16(23)20-7-4-14(21)18-8-9-19-15(22)12-13-5-10-24-11-6-13/h13H,4-12H2,1-3H3,(H,18,21)(H,19,22)(H,20,23). The molecular formula is C17H31N3O5. The van der Waals surface area contributed by atoms with E-state index in [1.54, 1.807) is 20.8 Å². The summed E-state index contributed by atoms with van der Waals surface area (Å²) in [6.45, 7) is 7.74. The fraction of sp³-hybridized carbons (Fsp3) is 0.824. The molecule has 0 spiro atoms. The molecule has 0 aromatic rings. The van der Waals surface area contributed by atoms with Crippen LogP contribution in [0.2, 0.25) is 0 Å². The first-order chi connectivity index (χ1) is 11.8. The molecule has 144 valence electrons. The van der Waals surface area contributed by atoms with Crippen molar-refractivity contribution in [2.24, 2.45) is 5.92 Å². The van der Waals surface area contributed by atoms with E-state index in [1.807, 2.05) is 0 Å². The highest BCUT2D eigenvalue weighted by atomic mass is 16.6. The summed E-state index contributed by atoms with van der Waals surface area (Å²) in [4.78, 5) is 34.9. The third-order valence-electron chi connectivity index (χ3n) is 3.60. The maximum Gasteiger partial charge on any atom is 0.407 e. The number of nitrogens with one attached hydrogen (secondary N) is 3. The van der Waals surface area contributed by atoms with Gasteiger partial charge >= 0.3 is 6.09 Å². The maximum atomic E-state index is 11.8. The van der Waals surface area contributed by atoms with Crippen LogP contribution in [0.5, 0.6) is 0 Å². The summed E-state index contributed by atoms with van der Waals surface area (Å²) in [7, 11) is 0. The smallest absolute Gasteiger partial charge is 0.407 e. The van der Waals surface area contributed by atoms with Gasteiger partial charge in [0.15, 0.2) is 0 Å². The predicted molar refractivity (Wildman–Crippen MR) is 93.0 cm³/mol. The number of hydrogen-bond donors (Lipinski definition) is 3. The molecular weight excluding hydrogens is 326 g/mol. The van der Waals surface area contributed by atoms with E-state index in [9.17, 15) is 14.4 Å². The molecule has 3 amide bonds. The highest BCUT2D eigenvalue weighted by Gasteiger charge is 2.17. The van der Waals surface area contributed by atoms with Crippen LogP contribution < -0.4 is 16.0 Å². The predicted octanol–water partition coefficient (Wildman–Crippen LogP) is 0.950. The summed E-state index contributed by atoms with van der Waals surface area (Å²) < 4.78 is 10.3. The van der Waals surface area contributed by atoms with Crippen molar-refractivity contribution in [2.75, 3.05) is 32.8 Å². The molecule has 1 heterocycles. The number of hydrogen-bond acceptors (Lipinski definition) is 5. The van der Waals surface area contributed by atoms with Gasteiger partial charge in [-0.3, -0.25) is 9.59 Å². The van der Waals surface area contributed by atoms with Crippen molar-refractivity contribution in [1.29, 1.82) is 0 Å². The minimum Gasteiger partial charge on any atom is -0.444 e. The lowest BCUT2D eigenvalue weighted by Crippen LogP contribution is -2.38. The quantitative estimate of drug-likeness (QED) is 0.561. The van der Waals surface area contributed by atoms with Crippen molar-refractivity contribution in [3.63, 3.8) is 0 Å². The minimum atomic E-state index is -0.560. The van der Waals surface area contributed by atoms with Crippen LogP contribution in [0.1, 0.15) is 46.5 Å². The number of carbonyl (C=O) groups excluding carboxylic acids is 3. The van der Waals surface area contributed by atoms with E-state index in [4.69, 9.17) is 9.47 Å². The zero-order valence-electron chi connectivity index (χ0n) is 15.5. The fourth-order valence-corrected chi connectivity index (χ4v) is 2.37. The Labute approximate surface area is 149 Å². The Balaban J connectivity index is 2.01. The molecule has 0 saturated carbocycles. The van der Waals surface area contributed by atoms with Gasteiger partial charge in [0.2, 0.25) is 11.8 Å². The highest BCUT2D eigenvalue weighted by molar-refractivity contribution is 5.77. The summed E-state index contributed by atoms with van der Waals surface area (Å²) >= 11 is 0. The van der Waals surface area contributed by atoms with Crippen LogP contribution in [0.4, 0.5) is 4.79 Å². The van der Waals surface area contributed by atoms with Crippen molar-refractivity contribution in [3.8, 4) is 0 Å². The van der Waals surface area contributed by atoms with Gasteiger partial charge in [0, 0.05) is 45.7 Å². The highest BCUT2D eigenvalue weighted by Crippen LogP contribution is 2.17. The lowest BCUT2D eigenvalue weighted by atomic mass is 9.96. The van der Waals surface area contributed by atoms with Crippen molar-refractivity contribution in [2.45, 2.75) is 52.1 Å². The first-order valence-corrected chi connectivity index (χ1v) is 8.84. The normalized spacial score (nSPS) is 15.3. The van der Waals surface area contributed by atoms with Crippen molar-refractivity contribution in [3.05, 3.63) is 0 Å². The maximum absolute atomic E-state index is 11.8. The molecule has 8 nitrogen and oxygen atoms in total. The van der Waals surface area contributed by atoms with Gasteiger partial charge < -0.3 is 25.4 Å².